The molecule has 0 aromatic heterocycles. The van der Waals surface area contributed by atoms with Gasteiger partial charge in [0.25, 0.3) is 5.91 Å². The number of amides is 1. The van der Waals surface area contributed by atoms with Gasteiger partial charge in [-0.1, -0.05) is 36.4 Å². The zero-order valence-electron chi connectivity index (χ0n) is 16.9. The van der Waals surface area contributed by atoms with Crippen LogP contribution in [0, 0.1) is 6.92 Å². The Labute approximate surface area is 179 Å². The second kappa shape index (κ2) is 8.55. The minimum atomic E-state index is -4.40. The number of hydrogen-bond acceptors (Lipinski definition) is 2. The number of benzene rings is 3. The van der Waals surface area contributed by atoms with Crippen molar-refractivity contribution in [3.63, 3.8) is 0 Å². The lowest BCUT2D eigenvalue weighted by Gasteiger charge is -2.27. The summed E-state index contributed by atoms with van der Waals surface area (Å²) in [6.07, 6.45) is -3.50. The Morgan fingerprint density at radius 1 is 1.00 bits per heavy atom. The smallest absolute Gasteiger partial charge is 0.322 e. The molecule has 159 valence electrons. The molecule has 0 atom stereocenters. The Balaban J connectivity index is 1.57. The summed E-state index contributed by atoms with van der Waals surface area (Å²) in [5.74, 6) is -0.300. The van der Waals surface area contributed by atoms with Crippen LogP contribution >= 0.6 is 0 Å². The highest BCUT2D eigenvalue weighted by molar-refractivity contribution is 6.08. The van der Waals surface area contributed by atoms with Gasteiger partial charge in [-0.05, 0) is 72.5 Å². The molecular formula is C25H22F3N2O. The molecular weight excluding hydrogens is 401 g/mol. The Kier molecular flexibility index (Phi) is 5.83. The second-order valence-corrected chi connectivity index (χ2v) is 7.58. The molecule has 4 rings (SSSR count). The highest BCUT2D eigenvalue weighted by Crippen LogP contribution is 2.32. The molecule has 0 saturated carbocycles. The van der Waals surface area contributed by atoms with Crippen LogP contribution in [0.1, 0.15) is 27.0 Å². The monoisotopic (exact) mass is 423 g/mol. The Hall–Kier alpha value is -3.12. The van der Waals surface area contributed by atoms with Crippen molar-refractivity contribution < 1.29 is 18.0 Å². The van der Waals surface area contributed by atoms with Crippen LogP contribution < -0.4 is 5.32 Å². The Bertz CT molecular complexity index is 1090. The van der Waals surface area contributed by atoms with E-state index in [-0.39, 0.29) is 5.91 Å². The van der Waals surface area contributed by atoms with Gasteiger partial charge in [-0.25, -0.2) is 0 Å². The molecule has 0 unspecified atom stereocenters. The van der Waals surface area contributed by atoms with Crippen LogP contribution in [0.15, 0.2) is 66.7 Å². The zero-order valence-corrected chi connectivity index (χ0v) is 16.9. The van der Waals surface area contributed by atoms with Crippen LogP contribution in [0.4, 0.5) is 18.9 Å². The van der Waals surface area contributed by atoms with Crippen LogP contribution in [0.25, 0.3) is 11.1 Å². The van der Waals surface area contributed by atoms with Crippen LogP contribution in [-0.4, -0.2) is 23.9 Å². The molecule has 0 bridgehead atoms. The lowest BCUT2D eigenvalue weighted by molar-refractivity contribution is -0.137. The van der Waals surface area contributed by atoms with E-state index in [1.54, 1.807) is 24.3 Å². The molecule has 1 radical (unpaired) electrons. The summed E-state index contributed by atoms with van der Waals surface area (Å²) in [7, 11) is 0. The van der Waals surface area contributed by atoms with Crippen LogP contribution in [0.3, 0.4) is 0 Å². The number of hydrogen-bond donors (Lipinski definition) is 1. The van der Waals surface area contributed by atoms with Crippen molar-refractivity contribution in [1.29, 1.82) is 0 Å². The van der Waals surface area contributed by atoms with Crippen molar-refractivity contribution in [3.05, 3.63) is 95.9 Å². The van der Waals surface area contributed by atoms with Gasteiger partial charge in [0.15, 0.2) is 0 Å². The third-order valence-electron chi connectivity index (χ3n) is 5.57. The minimum Gasteiger partial charge on any atom is -0.322 e. The number of alkyl halides is 3. The van der Waals surface area contributed by atoms with Gasteiger partial charge in [0, 0.05) is 24.3 Å². The number of fused-ring (bicyclic) bond motifs is 1. The number of nitrogens with one attached hydrogen (secondary N) is 1. The maximum absolute atomic E-state index is 13.0. The average molecular weight is 423 g/mol. The van der Waals surface area contributed by atoms with Crippen LogP contribution in [-0.2, 0) is 19.1 Å². The van der Waals surface area contributed by atoms with Gasteiger partial charge in [-0.2, -0.15) is 13.2 Å². The van der Waals surface area contributed by atoms with Gasteiger partial charge in [-0.3, -0.25) is 9.69 Å². The first-order valence-electron chi connectivity index (χ1n) is 10.1. The summed E-state index contributed by atoms with van der Waals surface area (Å²) in [5.41, 5.74) is 3.97. The topological polar surface area (TPSA) is 32.3 Å². The highest BCUT2D eigenvalue weighted by atomic mass is 19.4. The predicted molar refractivity (Wildman–Crippen MR) is 116 cm³/mol. The molecule has 0 saturated heterocycles. The van der Waals surface area contributed by atoms with Gasteiger partial charge in [0.1, 0.15) is 0 Å². The fourth-order valence-corrected chi connectivity index (χ4v) is 3.85. The summed E-state index contributed by atoms with van der Waals surface area (Å²) >= 11 is 0. The Morgan fingerprint density at radius 2 is 1.74 bits per heavy atom. The molecule has 1 aliphatic rings. The number of halogens is 3. The lowest BCUT2D eigenvalue weighted by Crippen LogP contribution is -2.30. The molecule has 1 amide bonds. The summed E-state index contributed by atoms with van der Waals surface area (Å²) < 4.78 is 38.6. The molecule has 0 fully saturated rings. The van der Waals surface area contributed by atoms with E-state index in [9.17, 15) is 18.0 Å². The van der Waals surface area contributed by atoms with Crippen LogP contribution in [0.2, 0.25) is 0 Å². The van der Waals surface area contributed by atoms with E-state index in [0.29, 0.717) is 22.4 Å². The summed E-state index contributed by atoms with van der Waals surface area (Å²) in [6, 6.07) is 17.6. The molecule has 31 heavy (non-hydrogen) atoms. The van der Waals surface area contributed by atoms with Crippen molar-refractivity contribution in [1.82, 2.24) is 4.90 Å². The highest BCUT2D eigenvalue weighted by Gasteiger charge is 2.30. The van der Waals surface area contributed by atoms with Crippen molar-refractivity contribution in [2.45, 2.75) is 19.1 Å². The first-order chi connectivity index (χ1) is 14.8. The molecule has 3 aromatic rings. The number of rotatable bonds is 4. The Morgan fingerprint density at radius 3 is 2.45 bits per heavy atom. The summed E-state index contributed by atoms with van der Waals surface area (Å²) in [6.45, 7) is 6.48. The summed E-state index contributed by atoms with van der Waals surface area (Å²) in [4.78, 5) is 15.3. The molecule has 0 spiro atoms. The standard InChI is InChI=1S/C25H22F3N2O/c1-2-30-14-13-18-15-21(12-9-19(18)16-30)29-24(31)23-6-4-3-5-22(23)17-7-10-20(11-8-17)25(26,27)28/h3-12,15H,1-2,13-14,16H2,(H,29,31). The molecule has 1 heterocycles. The normalized spacial score (nSPS) is 14.2. The van der Waals surface area contributed by atoms with Gasteiger partial charge in [-0.15, -0.1) is 0 Å². The predicted octanol–water partition coefficient (Wildman–Crippen LogP) is 5.82. The maximum Gasteiger partial charge on any atom is 0.416 e. The van der Waals surface area contributed by atoms with E-state index >= 15 is 0 Å². The SMILES string of the molecule is [CH2]CN1CCc2cc(NC(=O)c3ccccc3-c3ccc(C(F)(F)F)cc3)ccc2C1. The largest absolute Gasteiger partial charge is 0.416 e. The van der Waals surface area contributed by atoms with E-state index in [1.807, 2.05) is 18.2 Å². The number of carbonyl (C=O) groups is 1. The lowest BCUT2D eigenvalue weighted by atomic mass is 9.97. The second-order valence-electron chi connectivity index (χ2n) is 7.58. The average Bonchev–Trinajstić information content (AvgIpc) is 2.78. The fourth-order valence-electron chi connectivity index (χ4n) is 3.85. The summed E-state index contributed by atoms with van der Waals surface area (Å²) in [5, 5.41) is 2.93. The van der Waals surface area contributed by atoms with Crippen LogP contribution in [0.5, 0.6) is 0 Å². The van der Waals surface area contributed by atoms with Gasteiger partial charge in [0.05, 0.1) is 5.56 Å². The first kappa shape index (κ1) is 21.1. The zero-order chi connectivity index (χ0) is 22.0. The third kappa shape index (κ3) is 4.64. The van der Waals surface area contributed by atoms with E-state index < -0.39 is 11.7 Å². The van der Waals surface area contributed by atoms with E-state index in [1.165, 1.54) is 23.3 Å². The third-order valence-corrected chi connectivity index (χ3v) is 5.57. The van der Waals surface area contributed by atoms with E-state index in [4.69, 9.17) is 0 Å². The van der Waals surface area contributed by atoms with E-state index in [0.717, 1.165) is 38.2 Å². The first-order valence-corrected chi connectivity index (χ1v) is 10.1. The number of nitrogens with zero attached hydrogens (tertiary/aromatic N) is 1. The van der Waals surface area contributed by atoms with Gasteiger partial charge >= 0.3 is 6.18 Å². The maximum atomic E-state index is 13.0. The molecule has 3 aromatic carbocycles. The molecule has 0 aliphatic carbocycles. The molecule has 1 aliphatic heterocycles. The van der Waals surface area contributed by atoms with Crippen molar-refractivity contribution in [2.75, 3.05) is 18.4 Å². The quantitative estimate of drug-likeness (QED) is 0.574. The van der Waals surface area contributed by atoms with Crippen molar-refractivity contribution >= 4 is 11.6 Å². The number of anilines is 1. The minimum absolute atomic E-state index is 0.300. The van der Waals surface area contributed by atoms with Gasteiger partial charge < -0.3 is 5.32 Å². The molecule has 3 nitrogen and oxygen atoms in total. The number of carbonyl (C=O) groups excluding carboxylic acids is 1. The molecule has 6 heteroatoms. The van der Waals surface area contributed by atoms with Crippen molar-refractivity contribution in [2.24, 2.45) is 0 Å². The van der Waals surface area contributed by atoms with Crippen molar-refractivity contribution in [3.8, 4) is 11.1 Å². The fraction of sp³-hybridized carbons (Fsp3) is 0.200. The molecule has 1 N–H and O–H groups in total. The van der Waals surface area contributed by atoms with E-state index in [2.05, 4.69) is 17.1 Å². The van der Waals surface area contributed by atoms with Gasteiger partial charge in [0.2, 0.25) is 0 Å².